The van der Waals surface area contributed by atoms with Crippen molar-refractivity contribution in [2.75, 3.05) is 0 Å². The van der Waals surface area contributed by atoms with Crippen molar-refractivity contribution in [1.82, 2.24) is 20.2 Å². The standard InChI is InChI=1S/C30H25FN4/c31-30-26-17-24(14-16-27(26)34-35-30)29(28(22-7-4-8-22)21-5-2-1-3-6-21)23-12-9-20(10-13-23)11-15-25-18-32-19-33-25/h1-3,5-6,9-19,22H,4,7-8H2,(H,32,33)(H,34,35)/b15-11+,29-28-. The van der Waals surface area contributed by atoms with Gasteiger partial charge in [0.15, 0.2) is 0 Å². The summed E-state index contributed by atoms with van der Waals surface area (Å²) in [5, 5.41) is 7.06. The second-order valence-corrected chi connectivity index (χ2v) is 9.02. The second-order valence-electron chi connectivity index (χ2n) is 9.02. The molecule has 35 heavy (non-hydrogen) atoms. The van der Waals surface area contributed by atoms with E-state index >= 15 is 0 Å². The number of halogens is 1. The highest BCUT2D eigenvalue weighted by Crippen LogP contribution is 2.45. The molecule has 0 amide bonds. The molecule has 0 spiro atoms. The van der Waals surface area contributed by atoms with E-state index in [9.17, 15) is 4.39 Å². The summed E-state index contributed by atoms with van der Waals surface area (Å²) in [4.78, 5) is 7.15. The molecule has 2 aromatic heterocycles. The Bertz CT molecular complexity index is 1510. The molecule has 0 aliphatic heterocycles. The van der Waals surface area contributed by atoms with Gasteiger partial charge in [-0.05, 0) is 70.4 Å². The minimum Gasteiger partial charge on any atom is -0.345 e. The Morgan fingerprint density at radius 1 is 0.886 bits per heavy atom. The van der Waals surface area contributed by atoms with Crippen molar-refractivity contribution in [3.63, 3.8) is 0 Å². The molecule has 0 unspecified atom stereocenters. The SMILES string of the molecule is Fc1n[nH]c2ccc(/C(=C(/c3ccccc3)C3CCC3)c3ccc(/C=C/c4cnc[nH]4)cc3)cc12. The topological polar surface area (TPSA) is 57.4 Å². The third-order valence-corrected chi connectivity index (χ3v) is 6.85. The van der Waals surface area contributed by atoms with E-state index in [4.69, 9.17) is 0 Å². The molecular weight excluding hydrogens is 435 g/mol. The second kappa shape index (κ2) is 9.18. The Labute approximate surface area is 203 Å². The number of imidazole rings is 1. The minimum absolute atomic E-state index is 0.467. The maximum Gasteiger partial charge on any atom is 0.240 e. The number of aromatic nitrogens is 4. The molecule has 1 aliphatic rings. The average Bonchev–Trinajstić information content (AvgIpc) is 3.52. The fourth-order valence-corrected chi connectivity index (χ4v) is 4.82. The zero-order chi connectivity index (χ0) is 23.6. The van der Waals surface area contributed by atoms with Crippen LogP contribution in [0.25, 0.3) is 34.2 Å². The first-order valence-corrected chi connectivity index (χ1v) is 12.0. The minimum atomic E-state index is -0.467. The lowest BCUT2D eigenvalue weighted by atomic mass is 9.73. The molecule has 5 aromatic rings. The number of hydrogen-bond acceptors (Lipinski definition) is 2. The van der Waals surface area contributed by atoms with Crippen molar-refractivity contribution in [3.05, 3.63) is 119 Å². The van der Waals surface area contributed by atoms with E-state index < -0.39 is 5.95 Å². The van der Waals surface area contributed by atoms with Gasteiger partial charge in [0.05, 0.1) is 29.1 Å². The largest absolute Gasteiger partial charge is 0.345 e. The molecule has 0 atom stereocenters. The van der Waals surface area contributed by atoms with Crippen LogP contribution in [0.15, 0.2) is 85.3 Å². The first kappa shape index (κ1) is 21.3. The Hall–Kier alpha value is -4.25. The Morgan fingerprint density at radius 2 is 1.69 bits per heavy atom. The van der Waals surface area contributed by atoms with Gasteiger partial charge in [-0.3, -0.25) is 5.10 Å². The molecule has 172 valence electrons. The Morgan fingerprint density at radius 3 is 2.40 bits per heavy atom. The summed E-state index contributed by atoms with van der Waals surface area (Å²) < 4.78 is 14.4. The van der Waals surface area contributed by atoms with Crippen molar-refractivity contribution >= 4 is 34.2 Å². The number of nitrogens with zero attached hydrogens (tertiary/aromatic N) is 2. The van der Waals surface area contributed by atoms with Crippen molar-refractivity contribution in [2.45, 2.75) is 19.3 Å². The quantitative estimate of drug-likeness (QED) is 0.260. The highest BCUT2D eigenvalue weighted by molar-refractivity contribution is 6.01. The zero-order valence-corrected chi connectivity index (χ0v) is 19.2. The lowest BCUT2D eigenvalue weighted by Gasteiger charge is -2.31. The van der Waals surface area contributed by atoms with Crippen LogP contribution in [0, 0.1) is 11.9 Å². The summed E-state index contributed by atoms with van der Waals surface area (Å²) in [5.41, 5.74) is 8.61. The van der Waals surface area contributed by atoms with E-state index in [2.05, 4.69) is 86.9 Å². The number of rotatable bonds is 6. The van der Waals surface area contributed by atoms with Crippen LogP contribution in [-0.4, -0.2) is 20.2 Å². The summed E-state index contributed by atoms with van der Waals surface area (Å²) in [6.45, 7) is 0. The van der Waals surface area contributed by atoms with Crippen molar-refractivity contribution < 1.29 is 4.39 Å². The van der Waals surface area contributed by atoms with Crippen molar-refractivity contribution in [3.8, 4) is 0 Å². The van der Waals surface area contributed by atoms with E-state index in [1.807, 2.05) is 18.2 Å². The maximum atomic E-state index is 14.4. The van der Waals surface area contributed by atoms with Gasteiger partial charge in [-0.2, -0.15) is 4.39 Å². The number of benzene rings is 3. The van der Waals surface area contributed by atoms with Crippen LogP contribution in [0.2, 0.25) is 0 Å². The fourth-order valence-electron chi connectivity index (χ4n) is 4.82. The van der Waals surface area contributed by atoms with Crippen LogP contribution in [0.5, 0.6) is 0 Å². The van der Waals surface area contributed by atoms with Crippen LogP contribution in [-0.2, 0) is 0 Å². The number of aromatic amines is 2. The molecule has 2 heterocycles. The molecule has 5 heteroatoms. The monoisotopic (exact) mass is 460 g/mol. The lowest BCUT2D eigenvalue weighted by molar-refractivity contribution is 0.401. The molecule has 0 radical (unpaired) electrons. The molecule has 4 nitrogen and oxygen atoms in total. The van der Waals surface area contributed by atoms with E-state index in [0.717, 1.165) is 28.0 Å². The number of allylic oxidation sites excluding steroid dienone is 1. The van der Waals surface area contributed by atoms with Gasteiger partial charge in [-0.15, -0.1) is 5.10 Å². The van der Waals surface area contributed by atoms with Gasteiger partial charge in [-0.1, -0.05) is 73.2 Å². The number of H-pyrrole nitrogens is 2. The average molecular weight is 461 g/mol. The van der Waals surface area contributed by atoms with E-state index in [1.165, 1.54) is 30.4 Å². The summed E-state index contributed by atoms with van der Waals surface area (Å²) in [6.07, 6.45) is 11.1. The van der Waals surface area contributed by atoms with E-state index in [1.54, 1.807) is 12.5 Å². The predicted molar refractivity (Wildman–Crippen MR) is 140 cm³/mol. The Balaban J connectivity index is 1.51. The molecule has 6 rings (SSSR count). The van der Waals surface area contributed by atoms with E-state index in [0.29, 0.717) is 16.8 Å². The summed E-state index contributed by atoms with van der Waals surface area (Å²) >= 11 is 0. The van der Waals surface area contributed by atoms with Crippen LogP contribution in [0.4, 0.5) is 4.39 Å². The van der Waals surface area contributed by atoms with Crippen molar-refractivity contribution in [2.24, 2.45) is 5.92 Å². The molecule has 0 saturated heterocycles. The van der Waals surface area contributed by atoms with Crippen LogP contribution in [0.1, 0.15) is 47.2 Å². The molecule has 3 aromatic carbocycles. The van der Waals surface area contributed by atoms with Crippen molar-refractivity contribution in [1.29, 1.82) is 0 Å². The third kappa shape index (κ3) is 4.21. The van der Waals surface area contributed by atoms with Gasteiger partial charge in [-0.25, -0.2) is 4.98 Å². The molecule has 1 fully saturated rings. The maximum absolute atomic E-state index is 14.4. The molecule has 1 aliphatic carbocycles. The molecule has 0 bridgehead atoms. The van der Waals surface area contributed by atoms with E-state index in [-0.39, 0.29) is 0 Å². The fraction of sp³-hybridized carbons (Fsp3) is 0.133. The predicted octanol–water partition coefficient (Wildman–Crippen LogP) is 7.35. The smallest absolute Gasteiger partial charge is 0.240 e. The summed E-state index contributed by atoms with van der Waals surface area (Å²) in [5.74, 6) is 0.0163. The van der Waals surface area contributed by atoms with Crippen LogP contribution < -0.4 is 0 Å². The van der Waals surface area contributed by atoms with Crippen LogP contribution >= 0.6 is 0 Å². The van der Waals surface area contributed by atoms with Gasteiger partial charge >= 0.3 is 0 Å². The highest BCUT2D eigenvalue weighted by Gasteiger charge is 2.27. The van der Waals surface area contributed by atoms with Gasteiger partial charge in [0.2, 0.25) is 5.95 Å². The zero-order valence-electron chi connectivity index (χ0n) is 19.2. The third-order valence-electron chi connectivity index (χ3n) is 6.85. The number of fused-ring (bicyclic) bond motifs is 1. The van der Waals surface area contributed by atoms with Gasteiger partial charge < -0.3 is 4.98 Å². The molecule has 2 N–H and O–H groups in total. The summed E-state index contributed by atoms with van der Waals surface area (Å²) in [6, 6.07) is 25.1. The number of hydrogen-bond donors (Lipinski definition) is 2. The first-order chi connectivity index (χ1) is 17.3. The summed E-state index contributed by atoms with van der Waals surface area (Å²) in [7, 11) is 0. The van der Waals surface area contributed by atoms with Crippen LogP contribution in [0.3, 0.4) is 0 Å². The Kier molecular flexibility index (Phi) is 5.59. The van der Waals surface area contributed by atoms with Gasteiger partial charge in [0.1, 0.15) is 0 Å². The first-order valence-electron chi connectivity index (χ1n) is 12.0. The van der Waals surface area contributed by atoms with Gasteiger partial charge in [0, 0.05) is 0 Å². The molecule has 1 saturated carbocycles. The number of nitrogens with one attached hydrogen (secondary N) is 2. The normalized spacial score (nSPS) is 14.9. The van der Waals surface area contributed by atoms with Gasteiger partial charge in [0.25, 0.3) is 0 Å². The highest BCUT2D eigenvalue weighted by atomic mass is 19.1. The lowest BCUT2D eigenvalue weighted by Crippen LogP contribution is -2.15. The molecular formula is C30H25FN4.